The third kappa shape index (κ3) is 1.39. The highest BCUT2D eigenvalue weighted by atomic mass is 16.6. The Morgan fingerprint density at radius 3 is 2.76 bits per heavy atom. The predicted octanol–water partition coefficient (Wildman–Crippen LogP) is 1.49. The summed E-state index contributed by atoms with van der Waals surface area (Å²) in [6.45, 7) is 0. The standard InChI is InChI=1S/C12H10N2O3/c1-14-6-8(7-4-2-3-5-9(7)14)10-11(15)13-12(16)17-10/h2-6,10H,1H3,(H,13,15,16). The Bertz CT molecular complexity index is 630. The summed E-state index contributed by atoms with van der Waals surface area (Å²) in [4.78, 5) is 22.6. The van der Waals surface area contributed by atoms with Crippen LogP contribution >= 0.6 is 0 Å². The van der Waals surface area contributed by atoms with E-state index in [4.69, 9.17) is 4.74 Å². The Labute approximate surface area is 97.0 Å². The third-order valence-corrected chi connectivity index (χ3v) is 2.90. The second-order valence-corrected chi connectivity index (χ2v) is 3.99. The Morgan fingerprint density at radius 1 is 1.29 bits per heavy atom. The van der Waals surface area contributed by atoms with E-state index in [1.165, 1.54) is 0 Å². The van der Waals surface area contributed by atoms with E-state index in [0.29, 0.717) is 5.56 Å². The molecule has 1 unspecified atom stereocenters. The van der Waals surface area contributed by atoms with Crippen molar-refractivity contribution in [1.29, 1.82) is 0 Å². The van der Waals surface area contributed by atoms with Gasteiger partial charge in [-0.1, -0.05) is 18.2 Å². The molecule has 1 aliphatic heterocycles. The number of fused-ring (bicyclic) bond motifs is 1. The fraction of sp³-hybridized carbons (Fsp3) is 0.167. The first kappa shape index (κ1) is 9.89. The van der Waals surface area contributed by atoms with Gasteiger partial charge >= 0.3 is 6.09 Å². The Morgan fingerprint density at radius 2 is 2.06 bits per heavy atom. The number of hydrogen-bond acceptors (Lipinski definition) is 3. The molecule has 0 radical (unpaired) electrons. The number of amides is 2. The summed E-state index contributed by atoms with van der Waals surface area (Å²) in [5.41, 5.74) is 1.71. The van der Waals surface area contributed by atoms with E-state index in [9.17, 15) is 9.59 Å². The fourth-order valence-corrected chi connectivity index (χ4v) is 2.14. The SMILES string of the molecule is Cn1cc(C2OC(=O)NC2=O)c2ccccc21. The van der Waals surface area contributed by atoms with Crippen molar-refractivity contribution in [1.82, 2.24) is 9.88 Å². The first-order valence-electron chi connectivity index (χ1n) is 5.22. The molecule has 1 N–H and O–H groups in total. The summed E-state index contributed by atoms with van der Waals surface area (Å²) >= 11 is 0. The molecule has 1 aromatic carbocycles. The minimum absolute atomic E-state index is 0.411. The number of nitrogens with one attached hydrogen (secondary N) is 1. The van der Waals surface area contributed by atoms with Crippen LogP contribution in [0, 0.1) is 0 Å². The van der Waals surface area contributed by atoms with Crippen LogP contribution in [0.25, 0.3) is 10.9 Å². The lowest BCUT2D eigenvalue weighted by molar-refractivity contribution is -0.123. The van der Waals surface area contributed by atoms with Gasteiger partial charge < -0.3 is 9.30 Å². The van der Waals surface area contributed by atoms with E-state index in [2.05, 4.69) is 5.32 Å². The average molecular weight is 230 g/mol. The van der Waals surface area contributed by atoms with Crippen molar-refractivity contribution in [2.45, 2.75) is 6.10 Å². The van der Waals surface area contributed by atoms with Crippen molar-refractivity contribution >= 4 is 22.9 Å². The zero-order valence-corrected chi connectivity index (χ0v) is 9.14. The Hall–Kier alpha value is -2.30. The molecule has 1 saturated heterocycles. The molecule has 5 nitrogen and oxygen atoms in total. The zero-order chi connectivity index (χ0) is 12.0. The van der Waals surface area contributed by atoms with Crippen molar-refractivity contribution in [3.05, 3.63) is 36.0 Å². The molecule has 0 spiro atoms. The van der Waals surface area contributed by atoms with E-state index in [1.54, 1.807) is 0 Å². The van der Waals surface area contributed by atoms with E-state index >= 15 is 0 Å². The lowest BCUT2D eigenvalue weighted by Gasteiger charge is -2.03. The lowest BCUT2D eigenvalue weighted by Crippen LogP contribution is -2.20. The first-order chi connectivity index (χ1) is 8.16. The normalized spacial score (nSPS) is 19.5. The quantitative estimate of drug-likeness (QED) is 0.807. The molecule has 2 heterocycles. The Balaban J connectivity index is 2.18. The highest BCUT2D eigenvalue weighted by Crippen LogP contribution is 2.30. The van der Waals surface area contributed by atoms with Crippen molar-refractivity contribution in [3.8, 4) is 0 Å². The van der Waals surface area contributed by atoms with Gasteiger partial charge in [-0.05, 0) is 6.07 Å². The molecule has 1 fully saturated rings. The van der Waals surface area contributed by atoms with Crippen LogP contribution in [0.5, 0.6) is 0 Å². The molecule has 5 heteroatoms. The molecule has 1 aliphatic rings. The van der Waals surface area contributed by atoms with Gasteiger partial charge in [0.05, 0.1) is 0 Å². The number of imide groups is 1. The number of carbonyl (C=O) groups excluding carboxylic acids is 2. The molecule has 1 atom stereocenters. The van der Waals surface area contributed by atoms with Gasteiger partial charge in [0.2, 0.25) is 6.10 Å². The largest absolute Gasteiger partial charge is 0.431 e. The van der Waals surface area contributed by atoms with Gasteiger partial charge in [-0.3, -0.25) is 10.1 Å². The number of cyclic esters (lactones) is 1. The fourth-order valence-electron chi connectivity index (χ4n) is 2.14. The van der Waals surface area contributed by atoms with Crippen LogP contribution in [-0.4, -0.2) is 16.6 Å². The van der Waals surface area contributed by atoms with Crippen LogP contribution in [0.2, 0.25) is 0 Å². The van der Waals surface area contributed by atoms with Crippen LogP contribution < -0.4 is 5.32 Å². The number of aromatic nitrogens is 1. The van der Waals surface area contributed by atoms with Crippen molar-refractivity contribution < 1.29 is 14.3 Å². The summed E-state index contributed by atoms with van der Waals surface area (Å²) in [7, 11) is 1.89. The molecule has 0 bridgehead atoms. The second-order valence-electron chi connectivity index (χ2n) is 3.99. The van der Waals surface area contributed by atoms with Gasteiger partial charge in [-0.2, -0.15) is 0 Å². The van der Waals surface area contributed by atoms with Gasteiger partial charge in [-0.15, -0.1) is 0 Å². The van der Waals surface area contributed by atoms with Gasteiger partial charge in [-0.25, -0.2) is 4.79 Å². The number of aryl methyl sites for hydroxylation is 1. The van der Waals surface area contributed by atoms with Crippen LogP contribution in [0.15, 0.2) is 30.5 Å². The average Bonchev–Trinajstić information content (AvgIpc) is 2.80. The number of hydrogen-bond donors (Lipinski definition) is 1. The molecule has 86 valence electrons. The molecular weight excluding hydrogens is 220 g/mol. The number of ether oxygens (including phenoxy) is 1. The van der Waals surface area contributed by atoms with Crippen LogP contribution in [0.3, 0.4) is 0 Å². The molecule has 2 aromatic rings. The summed E-state index contributed by atoms with van der Waals surface area (Å²) < 4.78 is 6.88. The van der Waals surface area contributed by atoms with Gasteiger partial charge in [0.15, 0.2) is 0 Å². The topological polar surface area (TPSA) is 60.3 Å². The maximum atomic E-state index is 11.6. The van der Waals surface area contributed by atoms with Crippen molar-refractivity contribution in [3.63, 3.8) is 0 Å². The molecule has 3 rings (SSSR count). The van der Waals surface area contributed by atoms with E-state index in [-0.39, 0.29) is 0 Å². The smallest absolute Gasteiger partial charge is 0.415 e. The summed E-state index contributed by atoms with van der Waals surface area (Å²) in [6.07, 6.45) is 0.287. The summed E-state index contributed by atoms with van der Waals surface area (Å²) in [6, 6.07) is 7.67. The molecule has 2 amide bonds. The minimum Gasteiger partial charge on any atom is -0.431 e. The summed E-state index contributed by atoms with van der Waals surface area (Å²) in [5.74, 6) is -0.411. The number of alkyl carbamates (subject to hydrolysis) is 1. The number of carbonyl (C=O) groups is 2. The van der Waals surface area contributed by atoms with E-state index < -0.39 is 18.1 Å². The third-order valence-electron chi connectivity index (χ3n) is 2.90. The molecule has 17 heavy (non-hydrogen) atoms. The molecule has 0 aliphatic carbocycles. The molecule has 1 aromatic heterocycles. The maximum absolute atomic E-state index is 11.6. The number of rotatable bonds is 1. The monoisotopic (exact) mass is 230 g/mol. The van der Waals surface area contributed by atoms with E-state index in [1.807, 2.05) is 42.1 Å². The zero-order valence-electron chi connectivity index (χ0n) is 9.14. The number of benzene rings is 1. The van der Waals surface area contributed by atoms with Gasteiger partial charge in [0.1, 0.15) is 0 Å². The molecule has 0 saturated carbocycles. The lowest BCUT2D eigenvalue weighted by atomic mass is 10.1. The van der Waals surface area contributed by atoms with Crippen molar-refractivity contribution in [2.75, 3.05) is 0 Å². The Kier molecular flexibility index (Phi) is 1.95. The first-order valence-corrected chi connectivity index (χ1v) is 5.22. The summed E-state index contributed by atoms with van der Waals surface area (Å²) in [5, 5.41) is 3.05. The van der Waals surface area contributed by atoms with Crippen LogP contribution in [-0.2, 0) is 16.6 Å². The predicted molar refractivity (Wildman–Crippen MR) is 60.3 cm³/mol. The van der Waals surface area contributed by atoms with Crippen molar-refractivity contribution in [2.24, 2.45) is 7.05 Å². The van der Waals surface area contributed by atoms with Gasteiger partial charge in [0, 0.05) is 29.7 Å². The number of para-hydroxylation sites is 1. The number of nitrogens with zero attached hydrogens (tertiary/aromatic N) is 1. The van der Waals surface area contributed by atoms with Gasteiger partial charge in [0.25, 0.3) is 5.91 Å². The maximum Gasteiger partial charge on any atom is 0.415 e. The molecular formula is C12H10N2O3. The van der Waals surface area contributed by atoms with E-state index in [0.717, 1.165) is 10.9 Å². The highest BCUT2D eigenvalue weighted by Gasteiger charge is 2.35. The van der Waals surface area contributed by atoms with Crippen LogP contribution in [0.4, 0.5) is 4.79 Å². The second kappa shape index (κ2) is 3.35. The highest BCUT2D eigenvalue weighted by molar-refractivity contribution is 6.02. The minimum atomic E-state index is -0.839. The van der Waals surface area contributed by atoms with Crippen LogP contribution in [0.1, 0.15) is 11.7 Å².